The number of hydrogen-bond acceptors (Lipinski definition) is 7. The average Bonchev–Trinajstić information content (AvgIpc) is 2.93. The SMILES string of the molecule is CCCCN1C(=O)[C@H]([C@H](O)C(C)C)NC(=O)C12CCN(Cc1ccc(Oc3ccc(NS(C)(=O)=O)cc3)cc1)CC2. The van der Waals surface area contributed by atoms with Gasteiger partial charge in [-0.1, -0.05) is 39.3 Å². The van der Waals surface area contributed by atoms with Crippen molar-refractivity contribution in [2.24, 2.45) is 5.92 Å². The Bertz CT molecular complexity index is 1310. The molecule has 2 atom stereocenters. The van der Waals surface area contributed by atoms with Crippen LogP contribution in [0.3, 0.4) is 0 Å². The first-order valence-corrected chi connectivity index (χ1v) is 16.2. The number of anilines is 1. The molecule has 0 saturated carbocycles. The molecule has 2 amide bonds. The van der Waals surface area contributed by atoms with E-state index in [2.05, 4.69) is 21.9 Å². The molecule has 41 heavy (non-hydrogen) atoms. The first-order chi connectivity index (χ1) is 19.4. The summed E-state index contributed by atoms with van der Waals surface area (Å²) in [4.78, 5) is 31.0. The van der Waals surface area contributed by atoms with E-state index in [1.54, 1.807) is 29.2 Å². The maximum atomic E-state index is 13.5. The van der Waals surface area contributed by atoms with Gasteiger partial charge in [0.25, 0.3) is 0 Å². The lowest BCUT2D eigenvalue weighted by Gasteiger charge is -2.52. The summed E-state index contributed by atoms with van der Waals surface area (Å²) in [7, 11) is -3.34. The molecule has 224 valence electrons. The summed E-state index contributed by atoms with van der Waals surface area (Å²) >= 11 is 0. The number of unbranched alkanes of at least 4 members (excludes halogenated alkanes) is 1. The van der Waals surface area contributed by atoms with Gasteiger partial charge in [0.1, 0.15) is 23.1 Å². The molecule has 2 aromatic rings. The van der Waals surface area contributed by atoms with Gasteiger partial charge in [-0.2, -0.15) is 0 Å². The smallest absolute Gasteiger partial charge is 0.248 e. The third kappa shape index (κ3) is 7.38. The van der Waals surface area contributed by atoms with E-state index in [0.717, 1.165) is 24.7 Å². The molecule has 4 rings (SSSR count). The van der Waals surface area contributed by atoms with Crippen molar-refractivity contribution in [3.63, 3.8) is 0 Å². The molecule has 2 aliphatic rings. The Hall–Kier alpha value is -3.15. The van der Waals surface area contributed by atoms with Crippen molar-refractivity contribution in [2.45, 2.75) is 70.7 Å². The number of likely N-dealkylation sites (tertiary alicyclic amines) is 1. The molecule has 0 aromatic heterocycles. The van der Waals surface area contributed by atoms with Crippen LogP contribution in [-0.2, 0) is 26.2 Å². The van der Waals surface area contributed by atoms with Crippen molar-refractivity contribution in [1.29, 1.82) is 0 Å². The predicted octanol–water partition coefficient (Wildman–Crippen LogP) is 3.33. The second-order valence-electron chi connectivity index (χ2n) is 11.5. The minimum Gasteiger partial charge on any atom is -0.457 e. The number of carbonyl (C=O) groups excluding carboxylic acids is 2. The zero-order chi connectivity index (χ0) is 29.8. The lowest BCUT2D eigenvalue weighted by Crippen LogP contribution is -2.74. The maximum Gasteiger partial charge on any atom is 0.248 e. The molecule has 2 fully saturated rings. The van der Waals surface area contributed by atoms with E-state index in [1.165, 1.54) is 0 Å². The number of amides is 2. The van der Waals surface area contributed by atoms with E-state index < -0.39 is 27.7 Å². The van der Waals surface area contributed by atoms with Crippen molar-refractivity contribution in [3.8, 4) is 11.5 Å². The molecule has 2 saturated heterocycles. The fourth-order valence-electron chi connectivity index (χ4n) is 5.54. The van der Waals surface area contributed by atoms with Crippen LogP contribution in [0, 0.1) is 5.92 Å². The Kier molecular flexibility index (Phi) is 9.61. The molecular formula is C30H42N4O6S. The molecule has 11 heteroatoms. The van der Waals surface area contributed by atoms with Crippen molar-refractivity contribution < 1.29 is 27.9 Å². The summed E-state index contributed by atoms with van der Waals surface area (Å²) in [5.41, 5.74) is 0.697. The number of aliphatic hydroxyl groups excluding tert-OH is 1. The number of piperidine rings is 1. The van der Waals surface area contributed by atoms with Crippen LogP contribution >= 0.6 is 0 Å². The summed E-state index contributed by atoms with van der Waals surface area (Å²) in [5, 5.41) is 13.5. The van der Waals surface area contributed by atoms with Gasteiger partial charge in [-0.15, -0.1) is 0 Å². The van der Waals surface area contributed by atoms with Gasteiger partial charge in [0.15, 0.2) is 0 Å². The highest BCUT2D eigenvalue weighted by Gasteiger charge is 2.54. The van der Waals surface area contributed by atoms with Crippen molar-refractivity contribution in [3.05, 3.63) is 54.1 Å². The molecule has 2 aromatic carbocycles. The number of sulfonamides is 1. The molecule has 3 N–H and O–H groups in total. The minimum absolute atomic E-state index is 0.144. The van der Waals surface area contributed by atoms with Gasteiger partial charge in [-0.3, -0.25) is 19.2 Å². The average molecular weight is 587 g/mol. The quantitative estimate of drug-likeness (QED) is 0.369. The highest BCUT2D eigenvalue weighted by molar-refractivity contribution is 7.92. The summed E-state index contributed by atoms with van der Waals surface area (Å²) in [6, 6.07) is 13.6. The molecule has 2 aliphatic heterocycles. The summed E-state index contributed by atoms with van der Waals surface area (Å²) in [6.45, 7) is 8.33. The van der Waals surface area contributed by atoms with E-state index >= 15 is 0 Å². The molecule has 0 aliphatic carbocycles. The van der Waals surface area contributed by atoms with E-state index in [-0.39, 0.29) is 17.7 Å². The zero-order valence-electron chi connectivity index (χ0n) is 24.3. The summed E-state index contributed by atoms with van der Waals surface area (Å²) in [6.07, 6.45) is 3.00. The number of nitrogens with one attached hydrogen (secondary N) is 2. The fourth-order valence-corrected chi connectivity index (χ4v) is 6.10. The Morgan fingerprint density at radius 1 is 1.05 bits per heavy atom. The number of carbonyl (C=O) groups is 2. The lowest BCUT2D eigenvalue weighted by atomic mass is 9.80. The van der Waals surface area contributed by atoms with Crippen LogP contribution in [0.1, 0.15) is 52.0 Å². The third-order valence-corrected chi connectivity index (χ3v) is 8.53. The van der Waals surface area contributed by atoms with Crippen LogP contribution in [0.15, 0.2) is 48.5 Å². The number of hydrogen-bond donors (Lipinski definition) is 3. The van der Waals surface area contributed by atoms with Gasteiger partial charge in [-0.25, -0.2) is 8.42 Å². The Morgan fingerprint density at radius 2 is 1.63 bits per heavy atom. The number of ether oxygens (including phenoxy) is 1. The second-order valence-corrected chi connectivity index (χ2v) is 13.2. The molecule has 0 bridgehead atoms. The number of nitrogens with zero attached hydrogens (tertiary/aromatic N) is 2. The van der Waals surface area contributed by atoms with Gasteiger partial charge >= 0.3 is 0 Å². The van der Waals surface area contributed by atoms with E-state index in [0.29, 0.717) is 56.2 Å². The van der Waals surface area contributed by atoms with Crippen LogP contribution in [0.5, 0.6) is 11.5 Å². The molecule has 10 nitrogen and oxygen atoms in total. The summed E-state index contributed by atoms with van der Waals surface area (Å²) < 4.78 is 31.1. The standard InChI is InChI=1S/C30H42N4O6S/c1-5-6-17-34-28(36)26(27(35)21(2)3)31-29(37)30(34)15-18-33(19-16-30)20-22-7-11-24(12-8-22)40-25-13-9-23(10-14-25)32-41(4,38)39/h7-14,21,26-27,32,35H,5-6,15-20H2,1-4H3,(H,31,37)/t26-,27+/m0/s1. The van der Waals surface area contributed by atoms with Crippen LogP contribution in [0.2, 0.25) is 0 Å². The third-order valence-electron chi connectivity index (χ3n) is 7.92. The number of rotatable bonds is 11. The van der Waals surface area contributed by atoms with Gasteiger partial charge < -0.3 is 20.1 Å². The molecule has 0 unspecified atom stereocenters. The fraction of sp³-hybridized carbons (Fsp3) is 0.533. The topological polar surface area (TPSA) is 128 Å². The van der Waals surface area contributed by atoms with Gasteiger partial charge in [0.2, 0.25) is 21.8 Å². The minimum atomic E-state index is -3.34. The molecule has 0 radical (unpaired) electrons. The van der Waals surface area contributed by atoms with E-state index in [9.17, 15) is 23.1 Å². The van der Waals surface area contributed by atoms with Crippen molar-refractivity contribution in [2.75, 3.05) is 30.6 Å². The Labute approximate surface area is 243 Å². The number of benzene rings is 2. The normalized spacial score (nSPS) is 20.2. The van der Waals surface area contributed by atoms with Gasteiger partial charge in [-0.05, 0) is 67.1 Å². The second kappa shape index (κ2) is 12.8. The highest BCUT2D eigenvalue weighted by atomic mass is 32.2. The Balaban J connectivity index is 1.36. The molecule has 2 heterocycles. The first kappa shape index (κ1) is 30.8. The molecule has 1 spiro atoms. The Morgan fingerprint density at radius 3 is 2.17 bits per heavy atom. The monoisotopic (exact) mass is 586 g/mol. The predicted molar refractivity (Wildman–Crippen MR) is 158 cm³/mol. The van der Waals surface area contributed by atoms with Crippen LogP contribution < -0.4 is 14.8 Å². The number of aliphatic hydroxyl groups is 1. The van der Waals surface area contributed by atoms with Crippen molar-refractivity contribution in [1.82, 2.24) is 15.1 Å². The zero-order valence-corrected chi connectivity index (χ0v) is 25.1. The van der Waals surface area contributed by atoms with E-state index in [1.807, 2.05) is 38.1 Å². The van der Waals surface area contributed by atoms with Crippen LogP contribution in [0.25, 0.3) is 0 Å². The lowest BCUT2D eigenvalue weighted by molar-refractivity contribution is -0.165. The molecular weight excluding hydrogens is 544 g/mol. The van der Waals surface area contributed by atoms with Crippen molar-refractivity contribution >= 4 is 27.5 Å². The largest absolute Gasteiger partial charge is 0.457 e. The first-order valence-electron chi connectivity index (χ1n) is 14.3. The number of piperazine rings is 1. The maximum absolute atomic E-state index is 13.5. The van der Waals surface area contributed by atoms with E-state index in [4.69, 9.17) is 4.74 Å². The summed E-state index contributed by atoms with van der Waals surface area (Å²) in [5.74, 6) is 0.782. The van der Waals surface area contributed by atoms with Gasteiger partial charge in [0.05, 0.1) is 12.4 Å². The van der Waals surface area contributed by atoms with Crippen LogP contribution in [-0.4, -0.2) is 78.7 Å². The van der Waals surface area contributed by atoms with Crippen LogP contribution in [0.4, 0.5) is 5.69 Å². The van der Waals surface area contributed by atoms with Gasteiger partial charge in [0, 0.05) is 31.9 Å². The highest BCUT2D eigenvalue weighted by Crippen LogP contribution is 2.35.